The van der Waals surface area contributed by atoms with E-state index >= 15 is 0 Å². The van der Waals surface area contributed by atoms with Crippen molar-refractivity contribution in [1.82, 2.24) is 9.13 Å². The Bertz CT molecular complexity index is 1000. The number of nitrogens with one attached hydrogen (secondary N) is 1. The lowest BCUT2D eigenvalue weighted by molar-refractivity contribution is -0.116. The molecule has 0 fully saturated rings. The number of para-hydroxylation sites is 1. The minimum atomic E-state index is -0.517. The molecule has 0 aliphatic rings. The lowest BCUT2D eigenvalue weighted by atomic mass is 10.3. The average molecular weight is 359 g/mol. The molecule has 2 aromatic heterocycles. The second-order valence-corrected chi connectivity index (χ2v) is 6.28. The van der Waals surface area contributed by atoms with E-state index in [1.165, 1.54) is 23.0 Å². The van der Waals surface area contributed by atoms with Gasteiger partial charge in [-0.05, 0) is 23.6 Å². The Labute approximate surface area is 147 Å². The zero-order chi connectivity index (χ0) is 17.8. The third-order valence-electron chi connectivity index (χ3n) is 3.71. The number of anilines is 1. The van der Waals surface area contributed by atoms with Gasteiger partial charge in [0, 0.05) is 12.8 Å². The summed E-state index contributed by atoms with van der Waals surface area (Å²) in [6.45, 7) is 0.207. The van der Waals surface area contributed by atoms with Crippen molar-refractivity contribution in [1.29, 1.82) is 0 Å². The Morgan fingerprint density at radius 3 is 2.64 bits per heavy atom. The van der Waals surface area contributed by atoms with Crippen LogP contribution in [0.1, 0.15) is 0 Å². The molecule has 1 aromatic carbocycles. The molecule has 0 saturated heterocycles. The highest BCUT2D eigenvalue weighted by Crippen LogP contribution is 2.15. The number of hydrogen-bond donors (Lipinski definition) is 1. The number of methoxy groups -OCH3 is 1. The second kappa shape index (κ2) is 7.45. The maximum Gasteiger partial charge on any atom is 0.332 e. The first kappa shape index (κ1) is 17.1. The highest BCUT2D eigenvalue weighted by Gasteiger charge is 2.16. The van der Waals surface area contributed by atoms with Gasteiger partial charge in [0.05, 0.1) is 18.7 Å². The summed E-state index contributed by atoms with van der Waals surface area (Å²) < 4.78 is 7.84. The molecule has 7 nitrogen and oxygen atoms in total. The van der Waals surface area contributed by atoms with Gasteiger partial charge in [0.15, 0.2) is 0 Å². The molecule has 1 amide bonds. The summed E-state index contributed by atoms with van der Waals surface area (Å²) >= 11 is 1.25. The van der Waals surface area contributed by atoms with E-state index in [4.69, 9.17) is 4.74 Å². The van der Waals surface area contributed by atoms with E-state index in [2.05, 4.69) is 5.32 Å². The predicted octanol–water partition coefficient (Wildman–Crippen LogP) is 1.51. The SMILES string of the molecule is COCCn1c(=O)c2sccc2n(CC(=O)Nc2ccccc2)c1=O. The molecule has 0 atom stereocenters. The third-order valence-corrected chi connectivity index (χ3v) is 4.61. The van der Waals surface area contributed by atoms with Crippen molar-refractivity contribution >= 4 is 33.1 Å². The van der Waals surface area contributed by atoms with E-state index < -0.39 is 5.69 Å². The minimum Gasteiger partial charge on any atom is -0.383 e. The van der Waals surface area contributed by atoms with E-state index in [1.54, 1.807) is 23.6 Å². The summed E-state index contributed by atoms with van der Waals surface area (Å²) in [4.78, 5) is 37.5. The molecule has 25 heavy (non-hydrogen) atoms. The molecule has 0 spiro atoms. The van der Waals surface area contributed by atoms with Crippen LogP contribution in [0.4, 0.5) is 5.69 Å². The van der Waals surface area contributed by atoms with Crippen LogP contribution < -0.4 is 16.6 Å². The first-order valence-corrected chi connectivity index (χ1v) is 8.54. The molecular weight excluding hydrogens is 342 g/mol. The number of amides is 1. The van der Waals surface area contributed by atoms with Gasteiger partial charge in [0.2, 0.25) is 5.91 Å². The number of thiophene rings is 1. The van der Waals surface area contributed by atoms with Crippen molar-refractivity contribution < 1.29 is 9.53 Å². The molecule has 3 aromatic rings. The van der Waals surface area contributed by atoms with Gasteiger partial charge < -0.3 is 10.1 Å². The topological polar surface area (TPSA) is 82.3 Å². The van der Waals surface area contributed by atoms with Gasteiger partial charge >= 0.3 is 5.69 Å². The lowest BCUT2D eigenvalue weighted by Crippen LogP contribution is -2.42. The van der Waals surface area contributed by atoms with Gasteiger partial charge in [-0.25, -0.2) is 4.79 Å². The van der Waals surface area contributed by atoms with Gasteiger partial charge in [-0.15, -0.1) is 11.3 Å². The number of fused-ring (bicyclic) bond motifs is 1. The molecule has 0 bridgehead atoms. The summed E-state index contributed by atoms with van der Waals surface area (Å²) in [5, 5.41) is 4.48. The van der Waals surface area contributed by atoms with Crippen molar-refractivity contribution in [2.75, 3.05) is 19.0 Å². The molecule has 0 radical (unpaired) electrons. The smallest absolute Gasteiger partial charge is 0.332 e. The molecule has 0 aliphatic heterocycles. The zero-order valence-electron chi connectivity index (χ0n) is 13.6. The van der Waals surface area contributed by atoms with Crippen molar-refractivity contribution in [2.45, 2.75) is 13.1 Å². The van der Waals surface area contributed by atoms with Crippen molar-refractivity contribution in [2.24, 2.45) is 0 Å². The number of ether oxygens (including phenoxy) is 1. The van der Waals surface area contributed by atoms with Crippen LogP contribution in [0.15, 0.2) is 51.4 Å². The monoisotopic (exact) mass is 359 g/mol. The van der Waals surface area contributed by atoms with Crippen LogP contribution in [0.3, 0.4) is 0 Å². The molecule has 1 N–H and O–H groups in total. The van der Waals surface area contributed by atoms with Crippen LogP contribution in [0, 0.1) is 0 Å². The van der Waals surface area contributed by atoms with Gasteiger partial charge in [-0.1, -0.05) is 18.2 Å². The van der Waals surface area contributed by atoms with E-state index in [-0.39, 0.29) is 31.2 Å². The van der Waals surface area contributed by atoms with E-state index in [1.807, 2.05) is 18.2 Å². The normalized spacial score (nSPS) is 10.9. The maximum atomic E-state index is 12.7. The molecule has 0 unspecified atom stereocenters. The average Bonchev–Trinajstić information content (AvgIpc) is 3.09. The van der Waals surface area contributed by atoms with Crippen LogP contribution in [-0.2, 0) is 22.6 Å². The zero-order valence-corrected chi connectivity index (χ0v) is 14.4. The highest BCUT2D eigenvalue weighted by molar-refractivity contribution is 7.17. The second-order valence-electron chi connectivity index (χ2n) is 5.37. The molecule has 8 heteroatoms. The minimum absolute atomic E-state index is 0.141. The number of aromatic nitrogens is 2. The first-order chi connectivity index (χ1) is 12.1. The summed E-state index contributed by atoms with van der Waals surface area (Å²) in [7, 11) is 1.50. The van der Waals surface area contributed by atoms with Crippen LogP contribution in [0.2, 0.25) is 0 Å². The van der Waals surface area contributed by atoms with Gasteiger partial charge in [0.25, 0.3) is 5.56 Å². The largest absolute Gasteiger partial charge is 0.383 e. The van der Waals surface area contributed by atoms with E-state index in [0.29, 0.717) is 15.9 Å². The Hall–Kier alpha value is -2.71. The fraction of sp³-hybridized carbons (Fsp3) is 0.235. The predicted molar refractivity (Wildman–Crippen MR) is 97.3 cm³/mol. The van der Waals surface area contributed by atoms with Crippen molar-refractivity contribution in [3.05, 3.63) is 62.6 Å². The van der Waals surface area contributed by atoms with Crippen molar-refractivity contribution in [3.8, 4) is 0 Å². The number of carbonyl (C=O) groups excluding carboxylic acids is 1. The molecule has 0 aliphatic carbocycles. The van der Waals surface area contributed by atoms with Crippen molar-refractivity contribution in [3.63, 3.8) is 0 Å². The molecule has 130 valence electrons. The molecule has 0 saturated carbocycles. The van der Waals surface area contributed by atoms with E-state index in [9.17, 15) is 14.4 Å². The lowest BCUT2D eigenvalue weighted by Gasteiger charge is -2.12. The number of nitrogens with zero attached hydrogens (tertiary/aromatic N) is 2. The number of rotatable bonds is 6. The summed E-state index contributed by atoms with van der Waals surface area (Å²) in [5.74, 6) is -0.335. The van der Waals surface area contributed by atoms with Crippen LogP contribution >= 0.6 is 11.3 Å². The molecule has 3 rings (SSSR count). The van der Waals surface area contributed by atoms with Gasteiger partial charge in [-0.3, -0.25) is 18.7 Å². The summed E-state index contributed by atoms with van der Waals surface area (Å²) in [6, 6.07) is 10.7. The van der Waals surface area contributed by atoms with Gasteiger partial charge in [-0.2, -0.15) is 0 Å². The number of hydrogen-bond acceptors (Lipinski definition) is 5. The molecule has 2 heterocycles. The Balaban J connectivity index is 1.97. The fourth-order valence-electron chi connectivity index (χ4n) is 2.53. The first-order valence-electron chi connectivity index (χ1n) is 7.66. The van der Waals surface area contributed by atoms with E-state index in [0.717, 1.165) is 4.57 Å². The van der Waals surface area contributed by atoms with Gasteiger partial charge in [0.1, 0.15) is 11.2 Å². The Kier molecular flexibility index (Phi) is 5.11. The highest BCUT2D eigenvalue weighted by atomic mass is 32.1. The van der Waals surface area contributed by atoms with Crippen LogP contribution in [0.5, 0.6) is 0 Å². The number of carbonyl (C=O) groups is 1. The Morgan fingerprint density at radius 1 is 1.16 bits per heavy atom. The third kappa shape index (κ3) is 3.54. The molecular formula is C17H17N3O4S. The Morgan fingerprint density at radius 2 is 1.92 bits per heavy atom. The number of benzene rings is 1. The van der Waals surface area contributed by atoms with Crippen LogP contribution in [0.25, 0.3) is 10.2 Å². The summed E-state index contributed by atoms with van der Waals surface area (Å²) in [6.07, 6.45) is 0. The van der Waals surface area contributed by atoms with Crippen LogP contribution in [-0.4, -0.2) is 28.8 Å². The fourth-order valence-corrected chi connectivity index (χ4v) is 3.37. The maximum absolute atomic E-state index is 12.7. The summed E-state index contributed by atoms with van der Waals surface area (Å²) in [5.41, 5.74) is 0.245. The quantitative estimate of drug-likeness (QED) is 0.723. The standard InChI is InChI=1S/C17H17N3O4S/c1-24-9-8-19-16(22)15-13(7-10-25-15)20(17(19)23)11-14(21)18-12-5-3-2-4-6-12/h2-7,10H,8-9,11H2,1H3,(H,18,21).